The molecule has 1 heterocycles. The summed E-state index contributed by atoms with van der Waals surface area (Å²) in [7, 11) is 1.48. The van der Waals surface area contributed by atoms with Crippen LogP contribution in [0.5, 0.6) is 0 Å². The van der Waals surface area contributed by atoms with Crippen LogP contribution in [0.25, 0.3) is 0 Å². The van der Waals surface area contributed by atoms with Crippen molar-refractivity contribution >= 4 is 52.3 Å². The van der Waals surface area contributed by atoms with Crippen molar-refractivity contribution in [3.05, 3.63) is 80.3 Å². The minimum absolute atomic E-state index is 0.133. The lowest BCUT2D eigenvalue weighted by Crippen LogP contribution is -2.35. The molecule has 3 aromatic rings. The number of amides is 2. The van der Waals surface area contributed by atoms with Crippen LogP contribution < -0.4 is 5.32 Å². The van der Waals surface area contributed by atoms with Crippen molar-refractivity contribution in [1.29, 1.82) is 0 Å². The molecule has 2 amide bonds. The van der Waals surface area contributed by atoms with Crippen molar-refractivity contribution in [1.82, 2.24) is 14.7 Å². The highest BCUT2D eigenvalue weighted by Gasteiger charge is 2.25. The van der Waals surface area contributed by atoms with Crippen LogP contribution in [0.15, 0.2) is 42.5 Å². The first-order valence-electron chi connectivity index (χ1n) is 9.14. The molecule has 6 nitrogen and oxygen atoms in total. The van der Waals surface area contributed by atoms with Crippen LogP contribution in [0.1, 0.15) is 21.6 Å². The Bertz CT molecular complexity index is 1110. The molecule has 31 heavy (non-hydrogen) atoms. The number of hydrogen-bond acceptors (Lipinski definition) is 3. The van der Waals surface area contributed by atoms with Gasteiger partial charge in [-0.15, -0.1) is 0 Å². The summed E-state index contributed by atoms with van der Waals surface area (Å²) in [5, 5.41) is 7.62. The van der Waals surface area contributed by atoms with Crippen molar-refractivity contribution in [3.8, 4) is 0 Å². The zero-order valence-electron chi connectivity index (χ0n) is 16.6. The third-order valence-electron chi connectivity index (χ3n) is 4.48. The van der Waals surface area contributed by atoms with Gasteiger partial charge in [-0.25, -0.2) is 9.07 Å². The maximum Gasteiger partial charge on any atom is 0.259 e. The zero-order valence-corrected chi connectivity index (χ0v) is 18.9. The van der Waals surface area contributed by atoms with Gasteiger partial charge in [0.1, 0.15) is 11.0 Å². The van der Waals surface area contributed by atoms with Crippen molar-refractivity contribution in [3.63, 3.8) is 0 Å². The van der Waals surface area contributed by atoms with Gasteiger partial charge in [0.25, 0.3) is 5.91 Å². The molecule has 3 rings (SSSR count). The molecule has 0 atom stereocenters. The molecule has 0 aliphatic rings. The van der Waals surface area contributed by atoms with Crippen LogP contribution in [0, 0.1) is 12.7 Å². The van der Waals surface area contributed by atoms with E-state index in [-0.39, 0.29) is 45.4 Å². The second-order valence-electron chi connectivity index (χ2n) is 6.84. The molecule has 0 bridgehead atoms. The molecule has 0 unspecified atom stereocenters. The number of likely N-dealkylation sites (N-methyl/N-ethyl adjacent to an activating group) is 1. The SMILES string of the molecule is Cc1nn(Cc2ccc(F)cc2)c(Cl)c1C(=O)N(C)CC(=O)Nc1c(Cl)cccc1Cl. The summed E-state index contributed by atoms with van der Waals surface area (Å²) < 4.78 is 14.6. The molecule has 162 valence electrons. The second-order valence-corrected chi connectivity index (χ2v) is 8.01. The lowest BCUT2D eigenvalue weighted by atomic mass is 10.2. The number of hydrogen-bond donors (Lipinski definition) is 1. The first-order chi connectivity index (χ1) is 14.7. The first-order valence-corrected chi connectivity index (χ1v) is 10.3. The predicted molar refractivity (Wildman–Crippen MR) is 120 cm³/mol. The molecule has 0 aliphatic carbocycles. The van der Waals surface area contributed by atoms with Crippen LogP contribution in [0.3, 0.4) is 0 Å². The fourth-order valence-electron chi connectivity index (χ4n) is 2.94. The van der Waals surface area contributed by atoms with Crippen LogP contribution >= 0.6 is 34.8 Å². The van der Waals surface area contributed by atoms with Crippen LogP contribution in [0.2, 0.25) is 15.2 Å². The fourth-order valence-corrected chi connectivity index (χ4v) is 3.75. The van der Waals surface area contributed by atoms with Gasteiger partial charge in [0.05, 0.1) is 40.1 Å². The zero-order chi connectivity index (χ0) is 22.7. The highest BCUT2D eigenvalue weighted by molar-refractivity contribution is 6.39. The summed E-state index contributed by atoms with van der Waals surface area (Å²) in [6.07, 6.45) is 0. The van der Waals surface area contributed by atoms with Gasteiger partial charge in [0, 0.05) is 7.05 Å². The van der Waals surface area contributed by atoms with Gasteiger partial charge in [0.2, 0.25) is 5.91 Å². The fraction of sp³-hybridized carbons (Fsp3) is 0.190. The smallest absolute Gasteiger partial charge is 0.259 e. The molecule has 2 aromatic carbocycles. The first kappa shape index (κ1) is 23.1. The van der Waals surface area contributed by atoms with Crippen molar-refractivity contribution in [2.75, 3.05) is 18.9 Å². The molecule has 1 aromatic heterocycles. The molecular weight excluding hydrogens is 466 g/mol. The Labute approximate surface area is 193 Å². The van der Waals surface area contributed by atoms with E-state index in [0.717, 1.165) is 5.56 Å². The molecule has 0 spiro atoms. The standard InChI is InChI=1S/C21H18Cl3FN4O2/c1-12-18(20(24)29(27-12)10-13-6-8-14(25)9-7-13)21(31)28(2)11-17(30)26-19-15(22)4-3-5-16(19)23/h3-9H,10-11H2,1-2H3,(H,26,30). The van der Waals surface area contributed by atoms with Crippen LogP contribution in [-0.4, -0.2) is 40.1 Å². The molecule has 0 aliphatic heterocycles. The molecule has 0 fully saturated rings. The Morgan fingerprint density at radius 1 is 1.10 bits per heavy atom. The Morgan fingerprint density at radius 3 is 2.32 bits per heavy atom. The van der Waals surface area contributed by atoms with Gasteiger partial charge in [-0.05, 0) is 36.8 Å². The van der Waals surface area contributed by atoms with E-state index in [2.05, 4.69) is 10.4 Å². The summed E-state index contributed by atoms with van der Waals surface area (Å²) in [6, 6.07) is 10.7. The van der Waals surface area contributed by atoms with Gasteiger partial charge in [0.15, 0.2) is 0 Å². The lowest BCUT2D eigenvalue weighted by molar-refractivity contribution is -0.116. The third-order valence-corrected chi connectivity index (χ3v) is 5.49. The maximum atomic E-state index is 13.1. The van der Waals surface area contributed by atoms with Gasteiger partial charge < -0.3 is 10.2 Å². The van der Waals surface area contributed by atoms with E-state index in [1.54, 1.807) is 37.3 Å². The number of halogens is 4. The number of nitrogens with zero attached hydrogens (tertiary/aromatic N) is 3. The van der Waals surface area contributed by atoms with Crippen molar-refractivity contribution < 1.29 is 14.0 Å². The van der Waals surface area contributed by atoms with E-state index in [0.29, 0.717) is 5.69 Å². The molecule has 0 saturated carbocycles. The Balaban J connectivity index is 1.72. The Morgan fingerprint density at radius 2 is 1.71 bits per heavy atom. The highest BCUT2D eigenvalue weighted by Crippen LogP contribution is 2.29. The quantitative estimate of drug-likeness (QED) is 0.533. The van der Waals surface area contributed by atoms with E-state index >= 15 is 0 Å². The van der Waals surface area contributed by atoms with Gasteiger partial charge in [-0.2, -0.15) is 5.10 Å². The van der Waals surface area contributed by atoms with Crippen LogP contribution in [0.4, 0.5) is 10.1 Å². The monoisotopic (exact) mass is 482 g/mol. The molecule has 0 radical (unpaired) electrons. The van der Waals surface area contributed by atoms with E-state index in [4.69, 9.17) is 34.8 Å². The molecule has 10 heteroatoms. The van der Waals surface area contributed by atoms with Gasteiger partial charge in [-0.1, -0.05) is 53.0 Å². The maximum absolute atomic E-state index is 13.1. The molecular formula is C21H18Cl3FN4O2. The summed E-state index contributed by atoms with van der Waals surface area (Å²) >= 11 is 18.5. The Hall–Kier alpha value is -2.61. The number of nitrogens with one attached hydrogen (secondary N) is 1. The number of aryl methyl sites for hydroxylation is 1. The number of carbonyl (C=O) groups excluding carboxylic acids is 2. The summed E-state index contributed by atoms with van der Waals surface area (Å²) in [5.74, 6) is -1.29. The van der Waals surface area contributed by atoms with E-state index in [1.807, 2.05) is 0 Å². The minimum atomic E-state index is -0.474. The third kappa shape index (κ3) is 5.36. The number of benzene rings is 2. The lowest BCUT2D eigenvalue weighted by Gasteiger charge is -2.17. The molecule has 0 saturated heterocycles. The van der Waals surface area contributed by atoms with Gasteiger partial charge >= 0.3 is 0 Å². The van der Waals surface area contributed by atoms with Crippen LogP contribution in [-0.2, 0) is 11.3 Å². The van der Waals surface area contributed by atoms with Gasteiger partial charge in [-0.3, -0.25) is 9.59 Å². The highest BCUT2D eigenvalue weighted by atomic mass is 35.5. The number of anilines is 1. The number of rotatable bonds is 6. The van der Waals surface area contributed by atoms with E-state index in [1.165, 1.54) is 28.8 Å². The average molecular weight is 484 g/mol. The minimum Gasteiger partial charge on any atom is -0.332 e. The topological polar surface area (TPSA) is 67.2 Å². The van der Waals surface area contributed by atoms with E-state index < -0.39 is 11.8 Å². The summed E-state index contributed by atoms with van der Waals surface area (Å²) in [6.45, 7) is 1.67. The largest absolute Gasteiger partial charge is 0.332 e. The van der Waals surface area contributed by atoms with Crippen molar-refractivity contribution in [2.45, 2.75) is 13.5 Å². The molecule has 1 N–H and O–H groups in total. The average Bonchev–Trinajstić information content (AvgIpc) is 2.99. The normalized spacial score (nSPS) is 10.8. The Kier molecular flexibility index (Phi) is 7.20. The summed E-state index contributed by atoms with van der Waals surface area (Å²) in [5.41, 5.74) is 1.65. The number of para-hydroxylation sites is 1. The number of carbonyl (C=O) groups is 2. The van der Waals surface area contributed by atoms with E-state index in [9.17, 15) is 14.0 Å². The number of aromatic nitrogens is 2. The van der Waals surface area contributed by atoms with Crippen molar-refractivity contribution in [2.24, 2.45) is 0 Å². The second kappa shape index (κ2) is 9.68. The predicted octanol–water partition coefficient (Wildman–Crippen LogP) is 5.05. The summed E-state index contributed by atoms with van der Waals surface area (Å²) in [4.78, 5) is 26.5.